The Morgan fingerprint density at radius 3 is 1.87 bits per heavy atom. The summed E-state index contributed by atoms with van der Waals surface area (Å²) in [6, 6.07) is 2.89. The topological polar surface area (TPSA) is 55.8 Å². The first-order valence-corrected chi connectivity index (χ1v) is 9.36. The number of halogens is 1. The highest BCUT2D eigenvalue weighted by Crippen LogP contribution is 2.36. The van der Waals surface area contributed by atoms with Gasteiger partial charge in [0, 0.05) is 25.2 Å². The van der Waals surface area contributed by atoms with Crippen LogP contribution in [-0.2, 0) is 10.0 Å². The van der Waals surface area contributed by atoms with E-state index < -0.39 is 10.0 Å². The third-order valence-electron chi connectivity index (χ3n) is 3.19. The molecule has 0 N–H and O–H groups in total. The van der Waals surface area contributed by atoms with E-state index in [1.807, 2.05) is 27.7 Å². The van der Waals surface area contributed by atoms with Crippen molar-refractivity contribution in [1.29, 1.82) is 0 Å². The zero-order valence-electron chi connectivity index (χ0n) is 14.6. The molecule has 1 aromatic carbocycles. The molecule has 1 rings (SSSR count). The van der Waals surface area contributed by atoms with Crippen LogP contribution in [0, 0.1) is 11.8 Å². The van der Waals surface area contributed by atoms with Crippen LogP contribution in [0.5, 0.6) is 11.5 Å². The Hall–Kier alpha value is -0.980. The maximum Gasteiger partial charge on any atom is 0.246 e. The standard InChI is InChI=1S/C16H26ClNO4S/c1-11(2)9-18(10-12(3)4)23(19,20)16-8-14(21-5)13(17)7-15(16)22-6/h7-8,11-12H,9-10H2,1-6H3. The Balaban J connectivity index is 3.43. The molecule has 0 heterocycles. The van der Waals surface area contributed by atoms with E-state index in [9.17, 15) is 8.42 Å². The summed E-state index contributed by atoms with van der Waals surface area (Å²) >= 11 is 6.07. The van der Waals surface area contributed by atoms with Crippen LogP contribution in [0.4, 0.5) is 0 Å². The van der Waals surface area contributed by atoms with E-state index in [4.69, 9.17) is 21.1 Å². The number of methoxy groups -OCH3 is 2. The van der Waals surface area contributed by atoms with E-state index in [0.29, 0.717) is 23.9 Å². The summed E-state index contributed by atoms with van der Waals surface area (Å²) in [5.74, 6) is 0.945. The zero-order valence-corrected chi connectivity index (χ0v) is 16.2. The van der Waals surface area contributed by atoms with Gasteiger partial charge in [-0.25, -0.2) is 8.42 Å². The van der Waals surface area contributed by atoms with E-state index in [-0.39, 0.29) is 22.5 Å². The molecule has 0 fully saturated rings. The summed E-state index contributed by atoms with van der Waals surface area (Å²) in [6.45, 7) is 8.83. The van der Waals surface area contributed by atoms with E-state index in [1.165, 1.54) is 30.7 Å². The highest BCUT2D eigenvalue weighted by Gasteiger charge is 2.30. The van der Waals surface area contributed by atoms with Crippen LogP contribution >= 0.6 is 11.6 Å². The summed E-state index contributed by atoms with van der Waals surface area (Å²) in [7, 11) is -0.842. The van der Waals surface area contributed by atoms with Crippen LogP contribution in [0.1, 0.15) is 27.7 Å². The van der Waals surface area contributed by atoms with Gasteiger partial charge in [-0.1, -0.05) is 39.3 Å². The molecular weight excluding hydrogens is 338 g/mol. The molecule has 1 aromatic rings. The van der Waals surface area contributed by atoms with Gasteiger partial charge in [-0.05, 0) is 11.8 Å². The number of hydrogen-bond donors (Lipinski definition) is 0. The number of hydrogen-bond acceptors (Lipinski definition) is 4. The van der Waals surface area contributed by atoms with Gasteiger partial charge in [-0.15, -0.1) is 0 Å². The highest BCUT2D eigenvalue weighted by molar-refractivity contribution is 7.89. The molecule has 7 heteroatoms. The largest absolute Gasteiger partial charge is 0.495 e. The van der Waals surface area contributed by atoms with Crippen molar-refractivity contribution in [2.75, 3.05) is 27.3 Å². The van der Waals surface area contributed by atoms with Crippen molar-refractivity contribution in [3.8, 4) is 11.5 Å². The van der Waals surface area contributed by atoms with Gasteiger partial charge in [0.05, 0.1) is 19.2 Å². The second-order valence-corrected chi connectivity index (χ2v) is 8.56. The fourth-order valence-electron chi connectivity index (χ4n) is 2.26. The summed E-state index contributed by atoms with van der Waals surface area (Å²) in [4.78, 5) is 0.0718. The predicted molar refractivity (Wildman–Crippen MR) is 93.0 cm³/mol. The van der Waals surface area contributed by atoms with Gasteiger partial charge in [0.2, 0.25) is 10.0 Å². The molecule has 0 amide bonds. The number of ether oxygens (including phenoxy) is 2. The molecule has 0 aromatic heterocycles. The zero-order chi connectivity index (χ0) is 17.8. The van der Waals surface area contributed by atoms with Crippen LogP contribution in [0.2, 0.25) is 5.02 Å². The molecule has 0 bridgehead atoms. The lowest BCUT2D eigenvalue weighted by atomic mass is 10.2. The molecular formula is C16H26ClNO4S. The van der Waals surface area contributed by atoms with Gasteiger partial charge in [-0.3, -0.25) is 0 Å². The maximum atomic E-state index is 13.1. The van der Waals surface area contributed by atoms with E-state index in [1.54, 1.807) is 0 Å². The minimum absolute atomic E-state index is 0.0718. The lowest BCUT2D eigenvalue weighted by Gasteiger charge is -2.26. The van der Waals surface area contributed by atoms with Gasteiger partial charge in [0.25, 0.3) is 0 Å². The number of sulfonamides is 1. The minimum Gasteiger partial charge on any atom is -0.495 e. The monoisotopic (exact) mass is 363 g/mol. The average Bonchev–Trinajstić information content (AvgIpc) is 2.44. The SMILES string of the molecule is COc1cc(S(=O)(=O)N(CC(C)C)CC(C)C)c(OC)cc1Cl. The van der Waals surface area contributed by atoms with Crippen LogP contribution in [-0.4, -0.2) is 40.0 Å². The number of nitrogens with zero attached hydrogens (tertiary/aromatic N) is 1. The van der Waals surface area contributed by atoms with Gasteiger partial charge >= 0.3 is 0 Å². The fraction of sp³-hybridized carbons (Fsp3) is 0.625. The van der Waals surface area contributed by atoms with Crippen LogP contribution < -0.4 is 9.47 Å². The van der Waals surface area contributed by atoms with Crippen molar-refractivity contribution >= 4 is 21.6 Å². The van der Waals surface area contributed by atoms with Crippen molar-refractivity contribution in [2.45, 2.75) is 32.6 Å². The van der Waals surface area contributed by atoms with Gasteiger partial charge in [-0.2, -0.15) is 4.31 Å². The Morgan fingerprint density at radius 2 is 1.48 bits per heavy atom. The number of benzene rings is 1. The lowest BCUT2D eigenvalue weighted by molar-refractivity contribution is 0.330. The number of rotatable bonds is 8. The molecule has 0 aliphatic rings. The van der Waals surface area contributed by atoms with E-state index in [0.717, 1.165) is 0 Å². The summed E-state index contributed by atoms with van der Waals surface area (Å²) in [5, 5.41) is 0.308. The van der Waals surface area contributed by atoms with E-state index >= 15 is 0 Å². The molecule has 0 radical (unpaired) electrons. The second-order valence-electron chi connectivity index (χ2n) is 6.25. The molecule has 0 aliphatic heterocycles. The Bertz CT molecular complexity index is 619. The molecule has 0 spiro atoms. The molecule has 0 saturated carbocycles. The second kappa shape index (κ2) is 8.22. The molecule has 132 valence electrons. The molecule has 0 unspecified atom stereocenters. The summed E-state index contributed by atoms with van der Waals surface area (Å²) in [5.41, 5.74) is 0. The molecule has 23 heavy (non-hydrogen) atoms. The third kappa shape index (κ3) is 4.99. The van der Waals surface area contributed by atoms with Gasteiger partial charge in [0.1, 0.15) is 16.4 Å². The highest BCUT2D eigenvalue weighted by atomic mass is 35.5. The van der Waals surface area contributed by atoms with Crippen LogP contribution in [0.15, 0.2) is 17.0 Å². The Labute approximate surface area is 144 Å². The fourth-order valence-corrected chi connectivity index (χ4v) is 4.41. The van der Waals surface area contributed by atoms with E-state index in [2.05, 4.69) is 0 Å². The van der Waals surface area contributed by atoms with Crippen molar-refractivity contribution in [3.63, 3.8) is 0 Å². The first-order chi connectivity index (χ1) is 10.6. The van der Waals surface area contributed by atoms with Crippen molar-refractivity contribution < 1.29 is 17.9 Å². The van der Waals surface area contributed by atoms with Crippen molar-refractivity contribution in [2.24, 2.45) is 11.8 Å². The van der Waals surface area contributed by atoms with Crippen LogP contribution in [0.25, 0.3) is 0 Å². The van der Waals surface area contributed by atoms with Crippen molar-refractivity contribution in [1.82, 2.24) is 4.31 Å². The van der Waals surface area contributed by atoms with Gasteiger partial charge < -0.3 is 9.47 Å². The summed E-state index contributed by atoms with van der Waals surface area (Å²) < 4.78 is 38.1. The smallest absolute Gasteiger partial charge is 0.246 e. The average molecular weight is 364 g/mol. The Morgan fingerprint density at radius 1 is 1.00 bits per heavy atom. The lowest BCUT2D eigenvalue weighted by Crippen LogP contribution is -2.37. The molecule has 0 atom stereocenters. The summed E-state index contributed by atoms with van der Waals surface area (Å²) in [6.07, 6.45) is 0. The maximum absolute atomic E-state index is 13.1. The molecule has 0 saturated heterocycles. The first-order valence-electron chi connectivity index (χ1n) is 7.55. The normalized spacial score (nSPS) is 12.3. The van der Waals surface area contributed by atoms with Crippen LogP contribution in [0.3, 0.4) is 0 Å². The quantitative estimate of drug-likeness (QED) is 0.707. The van der Waals surface area contributed by atoms with Crippen molar-refractivity contribution in [3.05, 3.63) is 17.2 Å². The first kappa shape index (κ1) is 20.1. The third-order valence-corrected chi connectivity index (χ3v) is 5.34. The predicted octanol–water partition coefficient (Wildman–Crippen LogP) is 3.66. The van der Waals surface area contributed by atoms with Gasteiger partial charge in [0.15, 0.2) is 0 Å². The molecule has 0 aliphatic carbocycles. The minimum atomic E-state index is -3.71. The molecule has 5 nitrogen and oxygen atoms in total. The Kier molecular flexibility index (Phi) is 7.17.